The van der Waals surface area contributed by atoms with Crippen LogP contribution in [0.1, 0.15) is 42.4 Å². The fraction of sp³-hybridized carbons (Fsp3) is 0.600. The molecular formula is C15H24N2O2S. The fourth-order valence-electron chi connectivity index (χ4n) is 2.99. The number of aryl methyl sites for hydroxylation is 2. The molecule has 0 bridgehead atoms. The molecule has 20 heavy (non-hydrogen) atoms. The highest BCUT2D eigenvalue weighted by molar-refractivity contribution is 7.89. The zero-order chi connectivity index (χ0) is 14.9. The second-order valence-electron chi connectivity index (χ2n) is 5.70. The summed E-state index contributed by atoms with van der Waals surface area (Å²) >= 11 is 0. The van der Waals surface area contributed by atoms with Gasteiger partial charge in [0.15, 0.2) is 0 Å². The number of nitrogens with two attached hydrogens (primary N) is 1. The van der Waals surface area contributed by atoms with E-state index >= 15 is 0 Å². The molecule has 112 valence electrons. The standard InChI is InChI=1S/C15H24N2O2S/c1-11-10-12(2)15(13(3)14(11)16)20(18,19)17-8-6-4-5-7-9-17/h10H,4-9,16H2,1-3H3. The normalized spacial score (nSPS) is 17.9. The van der Waals surface area contributed by atoms with Crippen LogP contribution in [-0.4, -0.2) is 25.8 Å². The van der Waals surface area contributed by atoms with E-state index in [-0.39, 0.29) is 0 Å². The molecule has 2 rings (SSSR count). The molecule has 1 aromatic carbocycles. The molecule has 0 radical (unpaired) electrons. The Balaban J connectivity index is 2.51. The number of nitrogens with zero attached hydrogens (tertiary/aromatic N) is 1. The van der Waals surface area contributed by atoms with Crippen LogP contribution in [0.2, 0.25) is 0 Å². The van der Waals surface area contributed by atoms with Gasteiger partial charge in [-0.25, -0.2) is 8.42 Å². The smallest absolute Gasteiger partial charge is 0.243 e. The molecule has 0 unspecified atom stereocenters. The predicted molar refractivity (Wildman–Crippen MR) is 82.3 cm³/mol. The molecule has 2 N–H and O–H groups in total. The van der Waals surface area contributed by atoms with E-state index in [1.54, 1.807) is 11.2 Å². The third kappa shape index (κ3) is 2.69. The van der Waals surface area contributed by atoms with E-state index < -0.39 is 10.0 Å². The van der Waals surface area contributed by atoms with Crippen LogP contribution in [0, 0.1) is 20.8 Å². The number of anilines is 1. The maximum absolute atomic E-state index is 12.9. The van der Waals surface area contributed by atoms with Crippen molar-refractivity contribution in [3.05, 3.63) is 22.8 Å². The Morgan fingerprint density at radius 1 is 1.00 bits per heavy atom. The van der Waals surface area contributed by atoms with Crippen molar-refractivity contribution >= 4 is 15.7 Å². The van der Waals surface area contributed by atoms with Crippen LogP contribution < -0.4 is 5.73 Å². The Bertz CT molecular complexity index is 601. The number of hydrogen-bond acceptors (Lipinski definition) is 3. The van der Waals surface area contributed by atoms with Crippen LogP contribution in [0.5, 0.6) is 0 Å². The van der Waals surface area contributed by atoms with Crippen molar-refractivity contribution < 1.29 is 8.42 Å². The van der Waals surface area contributed by atoms with E-state index in [0.717, 1.165) is 36.8 Å². The molecule has 0 aliphatic carbocycles. The molecule has 4 nitrogen and oxygen atoms in total. The van der Waals surface area contributed by atoms with E-state index in [1.165, 1.54) is 0 Å². The van der Waals surface area contributed by atoms with Gasteiger partial charge in [-0.1, -0.05) is 18.9 Å². The number of hydrogen-bond donors (Lipinski definition) is 1. The summed E-state index contributed by atoms with van der Waals surface area (Å²) in [6.45, 7) is 6.81. The van der Waals surface area contributed by atoms with Gasteiger partial charge >= 0.3 is 0 Å². The second kappa shape index (κ2) is 5.74. The number of nitrogen functional groups attached to an aromatic ring is 1. The molecule has 1 aliphatic rings. The van der Waals surface area contributed by atoms with E-state index in [1.807, 2.05) is 19.9 Å². The minimum atomic E-state index is -3.43. The van der Waals surface area contributed by atoms with Crippen LogP contribution in [0.4, 0.5) is 5.69 Å². The third-order valence-corrected chi connectivity index (χ3v) is 6.31. The summed E-state index contributed by atoms with van der Waals surface area (Å²) in [4.78, 5) is 0.405. The first kappa shape index (κ1) is 15.3. The monoisotopic (exact) mass is 296 g/mol. The van der Waals surface area contributed by atoms with Gasteiger partial charge in [0.05, 0.1) is 4.90 Å². The quantitative estimate of drug-likeness (QED) is 0.854. The molecule has 0 atom stereocenters. The van der Waals surface area contributed by atoms with Gasteiger partial charge in [-0.2, -0.15) is 4.31 Å². The summed E-state index contributed by atoms with van der Waals surface area (Å²) in [6, 6.07) is 1.87. The lowest BCUT2D eigenvalue weighted by atomic mass is 10.1. The Hall–Kier alpha value is -1.07. The topological polar surface area (TPSA) is 63.4 Å². The van der Waals surface area contributed by atoms with E-state index in [2.05, 4.69) is 0 Å². The molecule has 0 aromatic heterocycles. The number of sulfonamides is 1. The molecule has 0 saturated carbocycles. The minimum Gasteiger partial charge on any atom is -0.398 e. The number of benzene rings is 1. The number of rotatable bonds is 2. The van der Waals surface area contributed by atoms with E-state index in [9.17, 15) is 8.42 Å². The molecule has 1 saturated heterocycles. The molecule has 1 aliphatic heterocycles. The molecule has 1 heterocycles. The van der Waals surface area contributed by atoms with Gasteiger partial charge in [-0.05, 0) is 50.3 Å². The maximum atomic E-state index is 12.9. The fourth-order valence-corrected chi connectivity index (χ4v) is 4.95. The third-order valence-electron chi connectivity index (χ3n) is 4.12. The largest absolute Gasteiger partial charge is 0.398 e. The Kier molecular flexibility index (Phi) is 4.39. The van der Waals surface area contributed by atoms with E-state index in [0.29, 0.717) is 29.2 Å². The highest BCUT2D eigenvalue weighted by atomic mass is 32.2. The lowest BCUT2D eigenvalue weighted by Crippen LogP contribution is -2.33. The zero-order valence-electron chi connectivity index (χ0n) is 12.6. The van der Waals surface area contributed by atoms with Crippen LogP contribution in [-0.2, 0) is 10.0 Å². The van der Waals surface area contributed by atoms with Gasteiger partial charge in [0.25, 0.3) is 0 Å². The maximum Gasteiger partial charge on any atom is 0.243 e. The lowest BCUT2D eigenvalue weighted by molar-refractivity contribution is 0.423. The molecule has 0 spiro atoms. The second-order valence-corrected chi connectivity index (χ2v) is 7.57. The first-order chi connectivity index (χ1) is 9.35. The molecular weight excluding hydrogens is 272 g/mol. The van der Waals surface area contributed by atoms with Crippen LogP contribution >= 0.6 is 0 Å². The summed E-state index contributed by atoms with van der Waals surface area (Å²) in [7, 11) is -3.43. The first-order valence-corrected chi connectivity index (χ1v) is 8.66. The SMILES string of the molecule is Cc1cc(C)c(S(=O)(=O)N2CCCCCC2)c(C)c1N. The summed E-state index contributed by atoms with van der Waals surface area (Å²) in [5.41, 5.74) is 9.03. The van der Waals surface area contributed by atoms with Crippen LogP contribution in [0.25, 0.3) is 0 Å². The van der Waals surface area contributed by atoms with E-state index in [4.69, 9.17) is 5.73 Å². The Morgan fingerprint density at radius 2 is 1.55 bits per heavy atom. The van der Waals surface area contributed by atoms with Gasteiger partial charge in [-0.3, -0.25) is 0 Å². The van der Waals surface area contributed by atoms with Crippen LogP contribution in [0.15, 0.2) is 11.0 Å². The lowest BCUT2D eigenvalue weighted by Gasteiger charge is -2.23. The van der Waals surface area contributed by atoms with Crippen molar-refractivity contribution in [3.8, 4) is 0 Å². The van der Waals surface area contributed by atoms with Crippen molar-refractivity contribution in [1.82, 2.24) is 4.31 Å². The Morgan fingerprint density at radius 3 is 2.10 bits per heavy atom. The zero-order valence-corrected chi connectivity index (χ0v) is 13.4. The first-order valence-electron chi connectivity index (χ1n) is 7.22. The van der Waals surface area contributed by atoms with Crippen molar-refractivity contribution in [2.75, 3.05) is 18.8 Å². The highest BCUT2D eigenvalue weighted by Crippen LogP contribution is 2.31. The van der Waals surface area contributed by atoms with Crippen molar-refractivity contribution in [1.29, 1.82) is 0 Å². The van der Waals surface area contributed by atoms with Crippen LogP contribution in [0.3, 0.4) is 0 Å². The van der Waals surface area contributed by atoms with Gasteiger partial charge < -0.3 is 5.73 Å². The minimum absolute atomic E-state index is 0.405. The van der Waals surface area contributed by atoms with Gasteiger partial charge in [-0.15, -0.1) is 0 Å². The summed E-state index contributed by atoms with van der Waals surface area (Å²) in [6.07, 6.45) is 4.11. The summed E-state index contributed by atoms with van der Waals surface area (Å²) in [5.74, 6) is 0. The van der Waals surface area contributed by atoms with Crippen molar-refractivity contribution in [2.24, 2.45) is 0 Å². The van der Waals surface area contributed by atoms with Gasteiger partial charge in [0, 0.05) is 18.8 Å². The predicted octanol–water partition coefficient (Wildman–Crippen LogP) is 2.76. The molecule has 1 fully saturated rings. The molecule has 5 heteroatoms. The van der Waals surface area contributed by atoms with Crippen molar-refractivity contribution in [2.45, 2.75) is 51.3 Å². The van der Waals surface area contributed by atoms with Gasteiger partial charge in [0.1, 0.15) is 0 Å². The van der Waals surface area contributed by atoms with Gasteiger partial charge in [0.2, 0.25) is 10.0 Å². The summed E-state index contributed by atoms with van der Waals surface area (Å²) in [5, 5.41) is 0. The average Bonchev–Trinajstić information content (AvgIpc) is 2.65. The molecule has 1 aromatic rings. The van der Waals surface area contributed by atoms with Crippen molar-refractivity contribution in [3.63, 3.8) is 0 Å². The highest BCUT2D eigenvalue weighted by Gasteiger charge is 2.29. The molecule has 0 amide bonds. The summed E-state index contributed by atoms with van der Waals surface area (Å²) < 4.78 is 27.5. The average molecular weight is 296 g/mol. The Labute approximate surface area is 122 Å².